The fourth-order valence-electron chi connectivity index (χ4n) is 1.82. The molecule has 0 fully saturated rings. The van der Waals surface area contributed by atoms with E-state index in [0.29, 0.717) is 0 Å². The van der Waals surface area contributed by atoms with Gasteiger partial charge in [0.25, 0.3) is 0 Å². The number of halogens is 1. The van der Waals surface area contributed by atoms with E-state index in [1.807, 2.05) is 12.1 Å². The van der Waals surface area contributed by atoms with E-state index in [-0.39, 0.29) is 0 Å². The number of nitrogens with zero attached hydrogens (tertiary/aromatic N) is 1. The van der Waals surface area contributed by atoms with E-state index < -0.39 is 0 Å². The van der Waals surface area contributed by atoms with Crippen LogP contribution in [0.4, 0.5) is 0 Å². The number of unbranched alkanes of at least 4 members (excludes halogenated alkanes) is 2. The summed E-state index contributed by atoms with van der Waals surface area (Å²) in [6.07, 6.45) is 5.18. The van der Waals surface area contributed by atoms with Crippen molar-refractivity contribution >= 4 is 13.6 Å². The fourth-order valence-corrected chi connectivity index (χ4v) is 1.82. The first-order chi connectivity index (χ1) is 8.86. The van der Waals surface area contributed by atoms with Gasteiger partial charge in [0.15, 0.2) is 0 Å². The maximum absolute atomic E-state index is 3.07. The number of rotatable bonds is 8. The Bertz CT molecular complexity index is 258. The van der Waals surface area contributed by atoms with Gasteiger partial charge in [0.05, 0.1) is 0 Å². The molecule has 98 valence electrons. The molecule has 0 saturated carbocycles. The molecule has 1 nitrogen and oxygen atoms in total. The van der Waals surface area contributed by atoms with E-state index in [9.17, 15) is 0 Å². The molecule has 0 aliphatic carbocycles. The first kappa shape index (κ1) is 18.3. The van der Waals surface area contributed by atoms with E-state index >= 15 is 0 Å². The third-order valence-corrected chi connectivity index (χ3v) is 2.85. The fraction of sp³-hybridized carbons (Fsp3) is 0.600. The molecule has 1 aromatic rings. The minimum absolute atomic E-state index is 1.09. The second-order valence-electron chi connectivity index (χ2n) is 4.39. The van der Waals surface area contributed by atoms with Gasteiger partial charge in [0.1, 0.15) is 0 Å². The van der Waals surface area contributed by atoms with Crippen LogP contribution in [-0.2, 0) is 22.9 Å². The summed E-state index contributed by atoms with van der Waals surface area (Å²) in [4.78, 5) is 2.57. The Kier molecular flexibility index (Phi) is 13.9. The van der Waals surface area contributed by atoms with Crippen molar-refractivity contribution in [3.63, 3.8) is 0 Å². The molecule has 0 aliphatic heterocycles. The van der Waals surface area contributed by atoms with Crippen molar-refractivity contribution in [1.82, 2.24) is 4.90 Å². The molecular formula is C15H24BrNZn. The van der Waals surface area contributed by atoms with Crippen LogP contribution in [0.3, 0.4) is 0 Å². The summed E-state index contributed by atoms with van der Waals surface area (Å²) >= 11 is 4.25. The van der Waals surface area contributed by atoms with Crippen LogP contribution in [0.5, 0.6) is 0 Å². The van der Waals surface area contributed by atoms with Crippen molar-refractivity contribution in [3.05, 3.63) is 35.9 Å². The van der Waals surface area contributed by atoms with Gasteiger partial charge in [-0.15, -0.1) is 5.56 Å². The molecule has 0 saturated heterocycles. The molecule has 0 N–H and O–H groups in total. The van der Waals surface area contributed by atoms with Crippen LogP contribution in [0.15, 0.2) is 24.3 Å². The van der Waals surface area contributed by atoms with E-state index in [4.69, 9.17) is 0 Å². The van der Waals surface area contributed by atoms with Crippen LogP contribution < -0.4 is 0 Å². The summed E-state index contributed by atoms with van der Waals surface area (Å²) in [5.74, 6) is 0. The van der Waals surface area contributed by atoms with Gasteiger partial charge in [-0.2, -0.15) is 30.3 Å². The van der Waals surface area contributed by atoms with E-state index in [0.717, 1.165) is 6.54 Å². The van der Waals surface area contributed by atoms with Gasteiger partial charge >= 0.3 is 30.0 Å². The molecule has 0 spiro atoms. The first-order valence-electron chi connectivity index (χ1n) is 6.81. The second-order valence-corrected chi connectivity index (χ2v) is 4.39. The third kappa shape index (κ3) is 9.24. The predicted octanol–water partition coefficient (Wildman–Crippen LogP) is 4.73. The summed E-state index contributed by atoms with van der Waals surface area (Å²) in [6, 6.07) is 11.4. The zero-order valence-electron chi connectivity index (χ0n) is 11.8. The second kappa shape index (κ2) is 13.7. The van der Waals surface area contributed by atoms with Crippen molar-refractivity contribution in [2.24, 2.45) is 0 Å². The summed E-state index contributed by atoms with van der Waals surface area (Å²) in [5, 5.41) is 0. The summed E-state index contributed by atoms with van der Waals surface area (Å²) < 4.78 is 0. The summed E-state index contributed by atoms with van der Waals surface area (Å²) in [5.41, 5.74) is 1.41. The number of benzene rings is 1. The van der Waals surface area contributed by atoms with Gasteiger partial charge in [0.2, 0.25) is 0 Å². The number of hydrogen-bond acceptors (Lipinski definition) is 1. The van der Waals surface area contributed by atoms with Crippen molar-refractivity contribution < 1.29 is 16.3 Å². The Labute approximate surface area is 129 Å². The molecule has 1 rings (SSSR count). The Morgan fingerprint density at radius 3 is 2.00 bits per heavy atom. The standard InChI is InChI=1S/C15H24N.BrH.Zn/c1-3-5-12-16(13-6-4-2)14-15-10-8-7-9-11-15;;/h8-11H,3-6,12-14H2,1-2H3;1H;/q-1;;+2/p-1. The van der Waals surface area contributed by atoms with Crippen LogP contribution in [-0.4, -0.2) is 18.0 Å². The molecule has 0 amide bonds. The molecule has 18 heavy (non-hydrogen) atoms. The van der Waals surface area contributed by atoms with Gasteiger partial charge in [-0.3, -0.25) is 0 Å². The van der Waals surface area contributed by atoms with Gasteiger partial charge < -0.3 is 4.90 Å². The molecule has 0 heterocycles. The Morgan fingerprint density at radius 1 is 1.06 bits per heavy atom. The predicted molar refractivity (Wildman–Crippen MR) is 79.3 cm³/mol. The van der Waals surface area contributed by atoms with Gasteiger partial charge in [-0.25, -0.2) is 0 Å². The molecule has 1 aromatic carbocycles. The number of hydrogen-bond donors (Lipinski definition) is 0. The Hall–Kier alpha value is 0.283. The van der Waals surface area contributed by atoms with Crippen LogP contribution in [0.25, 0.3) is 0 Å². The topological polar surface area (TPSA) is 3.24 Å². The van der Waals surface area contributed by atoms with Gasteiger partial charge in [0, 0.05) is 6.54 Å². The normalized spacial score (nSPS) is 10.1. The monoisotopic (exact) mass is 361 g/mol. The van der Waals surface area contributed by atoms with E-state index in [1.165, 1.54) is 60.7 Å². The van der Waals surface area contributed by atoms with Gasteiger partial charge in [-0.1, -0.05) is 26.7 Å². The maximum atomic E-state index is 3.07. The molecule has 3 heteroatoms. The average molecular weight is 364 g/mol. The SMILES string of the molecule is CCCCN(CCCC)Cc1cc[c-]cc1.[Zn+][Br]. The van der Waals surface area contributed by atoms with Crippen LogP contribution in [0.1, 0.15) is 45.1 Å². The van der Waals surface area contributed by atoms with Gasteiger partial charge in [-0.05, 0) is 25.9 Å². The zero-order chi connectivity index (χ0) is 13.6. The summed E-state index contributed by atoms with van der Waals surface area (Å²) in [7, 11) is 0. The van der Waals surface area contributed by atoms with Crippen molar-refractivity contribution in [1.29, 1.82) is 0 Å². The molecule has 0 bridgehead atoms. The Morgan fingerprint density at radius 2 is 1.56 bits per heavy atom. The zero-order valence-corrected chi connectivity index (χ0v) is 16.3. The van der Waals surface area contributed by atoms with E-state index in [1.54, 1.807) is 0 Å². The Balaban J connectivity index is 0.00000137. The van der Waals surface area contributed by atoms with Crippen LogP contribution >= 0.6 is 13.6 Å². The minimum atomic E-state index is 1.09. The summed E-state index contributed by atoms with van der Waals surface area (Å²) in [6.45, 7) is 8.07. The molecule has 0 atom stereocenters. The van der Waals surface area contributed by atoms with Crippen molar-refractivity contribution in [2.45, 2.75) is 46.1 Å². The molecular weight excluding hydrogens is 339 g/mol. The molecule has 0 radical (unpaired) electrons. The van der Waals surface area contributed by atoms with Crippen LogP contribution in [0, 0.1) is 6.07 Å². The van der Waals surface area contributed by atoms with Crippen molar-refractivity contribution in [3.8, 4) is 0 Å². The quantitative estimate of drug-likeness (QED) is 0.477. The molecule has 0 unspecified atom stereocenters. The molecule has 0 aromatic heterocycles. The van der Waals surface area contributed by atoms with E-state index in [2.05, 4.69) is 50.6 Å². The van der Waals surface area contributed by atoms with Crippen molar-refractivity contribution in [2.75, 3.05) is 13.1 Å². The first-order valence-corrected chi connectivity index (χ1v) is 13.8. The average Bonchev–Trinajstić information content (AvgIpc) is 2.45. The van der Waals surface area contributed by atoms with Crippen LogP contribution in [0.2, 0.25) is 0 Å². The molecule has 0 aliphatic rings. The third-order valence-electron chi connectivity index (χ3n) is 2.85.